The maximum atomic E-state index is 12.3. The lowest BCUT2D eigenvalue weighted by atomic mass is 10.0. The first kappa shape index (κ1) is 15.8. The number of nitrogens with two attached hydrogens (primary N) is 1. The normalized spacial score (nSPS) is 16.7. The van der Waals surface area contributed by atoms with Gasteiger partial charge in [0.25, 0.3) is 5.91 Å². The monoisotopic (exact) mass is 291 g/mol. The molecule has 0 radical (unpaired) electrons. The molecule has 1 heterocycles. The minimum atomic E-state index is -0.216. The topological polar surface area (TPSA) is 68.5 Å². The van der Waals surface area contributed by atoms with Gasteiger partial charge in [0.2, 0.25) is 0 Å². The molecule has 1 saturated carbocycles. The first-order chi connectivity index (χ1) is 10.1. The Balaban J connectivity index is 2.02. The molecule has 0 atom stereocenters. The molecule has 1 aromatic rings. The molecule has 2 rings (SSSR count). The van der Waals surface area contributed by atoms with Crippen molar-refractivity contribution >= 4 is 5.91 Å². The van der Waals surface area contributed by atoms with Gasteiger partial charge in [0.15, 0.2) is 0 Å². The molecular weight excluding hydrogens is 266 g/mol. The van der Waals surface area contributed by atoms with Gasteiger partial charge in [0.05, 0.1) is 5.54 Å². The minimum absolute atomic E-state index is 0.0613. The first-order valence-corrected chi connectivity index (χ1v) is 7.75. The van der Waals surface area contributed by atoms with E-state index in [1.807, 2.05) is 13.8 Å². The molecule has 0 bridgehead atoms. The van der Waals surface area contributed by atoms with Gasteiger partial charge in [0, 0.05) is 25.4 Å². The molecule has 5 nitrogen and oxygen atoms in total. The summed E-state index contributed by atoms with van der Waals surface area (Å²) in [6, 6.07) is 3.48. The highest BCUT2D eigenvalue weighted by Crippen LogP contribution is 2.28. The molecular formula is C16H25N3O2. The fraction of sp³-hybridized carbons (Fsp3) is 0.625. The summed E-state index contributed by atoms with van der Waals surface area (Å²) in [5.74, 6) is 0.603. The predicted octanol–water partition coefficient (Wildman–Crippen LogP) is 2.21. The number of carbonyl (C=O) groups is 1. The van der Waals surface area contributed by atoms with Crippen molar-refractivity contribution in [3.63, 3.8) is 0 Å². The lowest BCUT2D eigenvalue weighted by Crippen LogP contribution is -2.42. The van der Waals surface area contributed by atoms with Gasteiger partial charge in [-0.3, -0.25) is 9.78 Å². The molecule has 21 heavy (non-hydrogen) atoms. The Morgan fingerprint density at radius 1 is 1.38 bits per heavy atom. The standard InChI is InChI=1S/C16H25N3O2/c1-3-19(4-2)15(20)14-11-13(7-10-18-14)21-12-16(17)8-5-6-9-16/h7,10-11H,3-6,8-9,12,17H2,1-2H3. The Bertz CT molecular complexity index is 480. The predicted molar refractivity (Wildman–Crippen MR) is 82.4 cm³/mol. The average molecular weight is 291 g/mol. The van der Waals surface area contributed by atoms with E-state index in [0.717, 1.165) is 12.8 Å². The zero-order chi connectivity index (χ0) is 15.3. The number of hydrogen-bond acceptors (Lipinski definition) is 4. The van der Waals surface area contributed by atoms with Gasteiger partial charge < -0.3 is 15.4 Å². The van der Waals surface area contributed by atoms with Crippen LogP contribution in [-0.2, 0) is 0 Å². The van der Waals surface area contributed by atoms with E-state index in [9.17, 15) is 4.79 Å². The highest BCUT2D eigenvalue weighted by Gasteiger charge is 2.30. The van der Waals surface area contributed by atoms with Crippen LogP contribution >= 0.6 is 0 Å². The van der Waals surface area contributed by atoms with Crippen LogP contribution in [0.15, 0.2) is 18.3 Å². The van der Waals surface area contributed by atoms with Crippen LogP contribution in [0.2, 0.25) is 0 Å². The summed E-state index contributed by atoms with van der Waals surface area (Å²) in [4.78, 5) is 18.2. The van der Waals surface area contributed by atoms with Gasteiger partial charge in [-0.25, -0.2) is 0 Å². The molecule has 5 heteroatoms. The van der Waals surface area contributed by atoms with Crippen molar-refractivity contribution in [3.8, 4) is 5.75 Å². The minimum Gasteiger partial charge on any atom is -0.492 e. The van der Waals surface area contributed by atoms with Crippen molar-refractivity contribution in [1.29, 1.82) is 0 Å². The lowest BCUT2D eigenvalue weighted by molar-refractivity contribution is 0.0766. The smallest absolute Gasteiger partial charge is 0.272 e. The number of nitrogens with zero attached hydrogens (tertiary/aromatic N) is 2. The van der Waals surface area contributed by atoms with Crippen LogP contribution in [0.3, 0.4) is 0 Å². The second-order valence-electron chi connectivity index (χ2n) is 5.71. The van der Waals surface area contributed by atoms with Crippen LogP contribution < -0.4 is 10.5 Å². The molecule has 1 fully saturated rings. The zero-order valence-electron chi connectivity index (χ0n) is 13.0. The van der Waals surface area contributed by atoms with Crippen LogP contribution in [0.25, 0.3) is 0 Å². The van der Waals surface area contributed by atoms with Crippen molar-refractivity contribution < 1.29 is 9.53 Å². The fourth-order valence-corrected chi connectivity index (χ4v) is 2.74. The highest BCUT2D eigenvalue weighted by atomic mass is 16.5. The van der Waals surface area contributed by atoms with E-state index in [1.165, 1.54) is 12.8 Å². The van der Waals surface area contributed by atoms with Crippen LogP contribution in [0.5, 0.6) is 5.75 Å². The van der Waals surface area contributed by atoms with E-state index in [1.54, 1.807) is 23.2 Å². The van der Waals surface area contributed by atoms with E-state index < -0.39 is 0 Å². The maximum Gasteiger partial charge on any atom is 0.272 e. The Morgan fingerprint density at radius 3 is 2.67 bits per heavy atom. The SMILES string of the molecule is CCN(CC)C(=O)c1cc(OCC2(N)CCCC2)ccn1. The van der Waals surface area contributed by atoms with Gasteiger partial charge in [-0.05, 0) is 32.8 Å². The second kappa shape index (κ2) is 6.89. The molecule has 0 aromatic carbocycles. The number of aromatic nitrogens is 1. The second-order valence-corrected chi connectivity index (χ2v) is 5.71. The summed E-state index contributed by atoms with van der Waals surface area (Å²) in [5.41, 5.74) is 6.49. The van der Waals surface area contributed by atoms with Gasteiger partial charge in [-0.15, -0.1) is 0 Å². The summed E-state index contributed by atoms with van der Waals surface area (Å²) in [6.45, 7) is 5.76. The summed E-state index contributed by atoms with van der Waals surface area (Å²) in [7, 11) is 0. The van der Waals surface area contributed by atoms with E-state index in [4.69, 9.17) is 10.5 Å². The number of ether oxygens (including phenoxy) is 1. The van der Waals surface area contributed by atoms with Crippen molar-refractivity contribution in [3.05, 3.63) is 24.0 Å². The number of carbonyl (C=O) groups excluding carboxylic acids is 1. The zero-order valence-corrected chi connectivity index (χ0v) is 13.0. The Morgan fingerprint density at radius 2 is 2.05 bits per heavy atom. The Kier molecular flexibility index (Phi) is 5.17. The Labute approximate surface area is 126 Å². The van der Waals surface area contributed by atoms with E-state index in [2.05, 4.69) is 4.98 Å². The van der Waals surface area contributed by atoms with Crippen LogP contribution in [0.1, 0.15) is 50.0 Å². The average Bonchev–Trinajstić information content (AvgIpc) is 2.94. The van der Waals surface area contributed by atoms with Crippen LogP contribution in [-0.4, -0.2) is 41.0 Å². The highest BCUT2D eigenvalue weighted by molar-refractivity contribution is 5.92. The van der Waals surface area contributed by atoms with Crippen molar-refractivity contribution in [2.75, 3.05) is 19.7 Å². The fourth-order valence-electron chi connectivity index (χ4n) is 2.74. The molecule has 1 aromatic heterocycles. The number of amides is 1. The lowest BCUT2D eigenvalue weighted by Gasteiger charge is -2.23. The maximum absolute atomic E-state index is 12.3. The van der Waals surface area contributed by atoms with Crippen molar-refractivity contribution in [2.45, 2.75) is 45.1 Å². The van der Waals surface area contributed by atoms with Crippen LogP contribution in [0, 0.1) is 0 Å². The summed E-state index contributed by atoms with van der Waals surface area (Å²) < 4.78 is 5.80. The molecule has 0 saturated heterocycles. The Hall–Kier alpha value is -1.62. The largest absolute Gasteiger partial charge is 0.492 e. The van der Waals surface area contributed by atoms with Gasteiger partial charge >= 0.3 is 0 Å². The van der Waals surface area contributed by atoms with Crippen molar-refractivity contribution in [2.24, 2.45) is 5.73 Å². The van der Waals surface area contributed by atoms with Gasteiger partial charge in [-0.2, -0.15) is 0 Å². The number of hydrogen-bond donors (Lipinski definition) is 1. The third-order valence-electron chi connectivity index (χ3n) is 4.13. The molecule has 0 spiro atoms. The number of rotatable bonds is 6. The van der Waals surface area contributed by atoms with Gasteiger partial charge in [-0.1, -0.05) is 12.8 Å². The van der Waals surface area contributed by atoms with E-state index in [-0.39, 0.29) is 11.4 Å². The number of pyridine rings is 1. The third kappa shape index (κ3) is 3.94. The summed E-state index contributed by atoms with van der Waals surface area (Å²) in [5, 5.41) is 0. The van der Waals surface area contributed by atoms with Crippen molar-refractivity contribution in [1.82, 2.24) is 9.88 Å². The first-order valence-electron chi connectivity index (χ1n) is 7.75. The molecule has 2 N–H and O–H groups in total. The summed E-state index contributed by atoms with van der Waals surface area (Å²) >= 11 is 0. The third-order valence-corrected chi connectivity index (χ3v) is 4.13. The molecule has 1 amide bonds. The molecule has 0 aliphatic heterocycles. The van der Waals surface area contributed by atoms with Crippen LogP contribution in [0.4, 0.5) is 0 Å². The summed E-state index contributed by atoms with van der Waals surface area (Å²) in [6.07, 6.45) is 5.96. The van der Waals surface area contributed by atoms with E-state index >= 15 is 0 Å². The molecule has 0 unspecified atom stereocenters. The molecule has 1 aliphatic rings. The van der Waals surface area contributed by atoms with E-state index in [0.29, 0.717) is 31.1 Å². The van der Waals surface area contributed by atoms with Gasteiger partial charge in [0.1, 0.15) is 18.1 Å². The molecule has 116 valence electrons. The molecule has 1 aliphatic carbocycles. The quantitative estimate of drug-likeness (QED) is 0.872.